The molecule has 0 fully saturated rings. The maximum Gasteiger partial charge on any atom is 0.257 e. The predicted molar refractivity (Wildman–Crippen MR) is 83.4 cm³/mol. The van der Waals surface area contributed by atoms with Crippen LogP contribution in [-0.4, -0.2) is 5.91 Å². The second kappa shape index (κ2) is 6.46. The molecule has 0 spiro atoms. The molecule has 0 saturated heterocycles. The molecule has 0 unspecified atom stereocenters. The molecule has 1 amide bonds. The lowest BCUT2D eigenvalue weighted by Crippen LogP contribution is -2.17. The number of hydrogen-bond donors (Lipinski definition) is 3. The summed E-state index contributed by atoms with van der Waals surface area (Å²) in [5.74, 6) is 4.95. The highest BCUT2D eigenvalue weighted by Gasteiger charge is 2.13. The first-order valence-corrected chi connectivity index (χ1v) is 6.58. The van der Waals surface area contributed by atoms with Gasteiger partial charge in [0, 0.05) is 5.02 Å². The van der Waals surface area contributed by atoms with E-state index in [1.54, 1.807) is 24.3 Å². The highest BCUT2D eigenvalue weighted by atomic mass is 35.5. The van der Waals surface area contributed by atoms with Gasteiger partial charge in [0.15, 0.2) is 0 Å². The molecule has 0 aliphatic rings. The molecule has 0 atom stereocenters. The van der Waals surface area contributed by atoms with Crippen LogP contribution in [0.15, 0.2) is 36.4 Å². The fourth-order valence-electron chi connectivity index (χ4n) is 1.71. The summed E-state index contributed by atoms with van der Waals surface area (Å²) in [4.78, 5) is 12.3. The Hall–Kier alpha value is -2.26. The highest BCUT2D eigenvalue weighted by molar-refractivity contribution is 6.34. The highest BCUT2D eigenvalue weighted by Crippen LogP contribution is 2.25. The van der Waals surface area contributed by atoms with Crippen molar-refractivity contribution in [1.29, 1.82) is 5.26 Å². The third kappa shape index (κ3) is 3.44. The van der Waals surface area contributed by atoms with Crippen molar-refractivity contribution in [2.45, 2.75) is 0 Å². The fourth-order valence-corrected chi connectivity index (χ4v) is 2.11. The summed E-state index contributed by atoms with van der Waals surface area (Å²) in [5, 5.41) is 12.1. The van der Waals surface area contributed by atoms with E-state index in [-0.39, 0.29) is 10.6 Å². The Morgan fingerprint density at radius 2 is 1.86 bits per heavy atom. The van der Waals surface area contributed by atoms with E-state index < -0.39 is 5.91 Å². The van der Waals surface area contributed by atoms with E-state index >= 15 is 0 Å². The summed E-state index contributed by atoms with van der Waals surface area (Å²) in [7, 11) is 0. The Labute approximate surface area is 131 Å². The zero-order valence-corrected chi connectivity index (χ0v) is 12.2. The number of nitrogens with two attached hydrogens (primary N) is 1. The number of nitrogen functional groups attached to an aromatic ring is 1. The Balaban J connectivity index is 2.30. The van der Waals surface area contributed by atoms with Crippen LogP contribution in [0.1, 0.15) is 15.9 Å². The largest absolute Gasteiger partial charge is 0.323 e. The van der Waals surface area contributed by atoms with Gasteiger partial charge in [-0.25, -0.2) is 0 Å². The van der Waals surface area contributed by atoms with Crippen LogP contribution < -0.4 is 16.6 Å². The van der Waals surface area contributed by atoms with E-state index in [2.05, 4.69) is 10.7 Å². The van der Waals surface area contributed by atoms with Gasteiger partial charge in [-0.2, -0.15) is 5.26 Å². The zero-order valence-electron chi connectivity index (χ0n) is 10.7. The van der Waals surface area contributed by atoms with Gasteiger partial charge in [-0.15, -0.1) is 0 Å². The third-order valence-corrected chi connectivity index (χ3v) is 3.28. The normalized spacial score (nSPS) is 9.81. The number of rotatable bonds is 3. The average Bonchev–Trinajstić information content (AvgIpc) is 2.49. The van der Waals surface area contributed by atoms with Crippen LogP contribution in [-0.2, 0) is 0 Å². The number of nitrogens with one attached hydrogen (secondary N) is 2. The molecule has 0 aliphatic carbocycles. The first-order chi connectivity index (χ1) is 10.0. The molecule has 2 aromatic carbocycles. The lowest BCUT2D eigenvalue weighted by atomic mass is 10.1. The predicted octanol–water partition coefficient (Wildman–Crippen LogP) is 3.40. The van der Waals surface area contributed by atoms with Crippen LogP contribution >= 0.6 is 23.2 Å². The van der Waals surface area contributed by atoms with Gasteiger partial charge in [-0.05, 0) is 36.4 Å². The number of hydrazine groups is 1. The van der Waals surface area contributed by atoms with Crippen molar-refractivity contribution in [3.63, 3.8) is 0 Å². The maximum absolute atomic E-state index is 12.3. The summed E-state index contributed by atoms with van der Waals surface area (Å²) in [6.07, 6.45) is 0. The SMILES string of the molecule is N#Cc1ccc(NC(=O)c2cc(Cl)ccc2NN)c(Cl)c1. The van der Waals surface area contributed by atoms with Gasteiger partial charge >= 0.3 is 0 Å². The van der Waals surface area contributed by atoms with E-state index in [1.807, 2.05) is 6.07 Å². The van der Waals surface area contributed by atoms with Gasteiger partial charge in [0.25, 0.3) is 5.91 Å². The number of anilines is 2. The van der Waals surface area contributed by atoms with E-state index in [1.165, 1.54) is 12.1 Å². The maximum atomic E-state index is 12.3. The number of nitriles is 1. The van der Waals surface area contributed by atoms with E-state index in [4.69, 9.17) is 34.3 Å². The molecule has 7 heteroatoms. The first kappa shape index (κ1) is 15.1. The van der Waals surface area contributed by atoms with Crippen molar-refractivity contribution in [2.24, 2.45) is 5.84 Å². The Morgan fingerprint density at radius 3 is 2.48 bits per heavy atom. The van der Waals surface area contributed by atoms with Crippen molar-refractivity contribution < 1.29 is 4.79 Å². The number of hydrogen-bond acceptors (Lipinski definition) is 4. The summed E-state index contributed by atoms with van der Waals surface area (Å²) >= 11 is 11.9. The van der Waals surface area contributed by atoms with Crippen molar-refractivity contribution in [1.82, 2.24) is 0 Å². The molecule has 5 nitrogen and oxygen atoms in total. The molecule has 106 valence electrons. The summed E-state index contributed by atoms with van der Waals surface area (Å²) in [5.41, 5.74) is 3.94. The lowest BCUT2D eigenvalue weighted by molar-refractivity contribution is 0.102. The number of amides is 1. The number of halogens is 2. The fraction of sp³-hybridized carbons (Fsp3) is 0. The Morgan fingerprint density at radius 1 is 1.14 bits per heavy atom. The molecular formula is C14H10Cl2N4O. The monoisotopic (exact) mass is 320 g/mol. The van der Waals surface area contributed by atoms with Crippen LogP contribution in [0.3, 0.4) is 0 Å². The number of carbonyl (C=O) groups excluding carboxylic acids is 1. The van der Waals surface area contributed by atoms with E-state index in [0.29, 0.717) is 22.0 Å². The molecule has 4 N–H and O–H groups in total. The molecule has 0 radical (unpaired) electrons. The van der Waals surface area contributed by atoms with Gasteiger partial charge in [0.05, 0.1) is 33.6 Å². The summed E-state index contributed by atoms with van der Waals surface area (Å²) in [6, 6.07) is 11.2. The first-order valence-electron chi connectivity index (χ1n) is 5.82. The van der Waals surface area contributed by atoms with E-state index in [0.717, 1.165) is 0 Å². The van der Waals surface area contributed by atoms with Crippen molar-refractivity contribution in [2.75, 3.05) is 10.7 Å². The molecule has 0 aromatic heterocycles. The van der Waals surface area contributed by atoms with E-state index in [9.17, 15) is 4.79 Å². The lowest BCUT2D eigenvalue weighted by Gasteiger charge is -2.11. The molecule has 0 heterocycles. The minimum atomic E-state index is -0.419. The van der Waals surface area contributed by atoms with Crippen molar-refractivity contribution in [3.05, 3.63) is 57.6 Å². The molecule has 2 aromatic rings. The van der Waals surface area contributed by atoms with Crippen molar-refractivity contribution in [3.8, 4) is 6.07 Å². The molecule has 0 aliphatic heterocycles. The van der Waals surface area contributed by atoms with Gasteiger partial charge in [0.2, 0.25) is 0 Å². The number of carbonyl (C=O) groups is 1. The Kier molecular flexibility index (Phi) is 4.66. The van der Waals surface area contributed by atoms with Gasteiger partial charge in [-0.1, -0.05) is 23.2 Å². The molecular weight excluding hydrogens is 311 g/mol. The topological polar surface area (TPSA) is 90.9 Å². The van der Waals surface area contributed by atoms with Crippen LogP contribution in [0.25, 0.3) is 0 Å². The van der Waals surface area contributed by atoms with Crippen molar-refractivity contribution >= 4 is 40.5 Å². The average molecular weight is 321 g/mol. The quantitative estimate of drug-likeness (QED) is 0.597. The van der Waals surface area contributed by atoms with Crippen LogP contribution in [0.5, 0.6) is 0 Å². The summed E-state index contributed by atoms with van der Waals surface area (Å²) < 4.78 is 0. The molecule has 21 heavy (non-hydrogen) atoms. The second-order valence-electron chi connectivity index (χ2n) is 4.09. The number of nitrogens with zero attached hydrogens (tertiary/aromatic N) is 1. The second-order valence-corrected chi connectivity index (χ2v) is 4.94. The van der Waals surface area contributed by atoms with Crippen LogP contribution in [0.2, 0.25) is 10.0 Å². The molecule has 0 saturated carbocycles. The van der Waals surface area contributed by atoms with Gasteiger partial charge in [0.1, 0.15) is 0 Å². The molecule has 2 rings (SSSR count). The van der Waals surface area contributed by atoms with Gasteiger partial charge in [-0.3, -0.25) is 10.6 Å². The minimum Gasteiger partial charge on any atom is -0.323 e. The standard InChI is InChI=1S/C14H10Cl2N4O/c15-9-2-4-12(20-18)10(6-9)14(21)19-13-3-1-8(7-17)5-11(13)16/h1-6,20H,18H2,(H,19,21). The Bertz CT molecular complexity index is 740. The number of benzene rings is 2. The van der Waals surface area contributed by atoms with Crippen LogP contribution in [0.4, 0.5) is 11.4 Å². The zero-order chi connectivity index (χ0) is 15.4. The summed E-state index contributed by atoms with van der Waals surface area (Å²) in [6.45, 7) is 0. The molecule has 0 bridgehead atoms. The minimum absolute atomic E-state index is 0.270. The van der Waals surface area contributed by atoms with Gasteiger partial charge < -0.3 is 10.7 Å². The smallest absolute Gasteiger partial charge is 0.257 e. The third-order valence-electron chi connectivity index (χ3n) is 2.73. The van der Waals surface area contributed by atoms with Crippen LogP contribution in [0, 0.1) is 11.3 Å².